The highest BCUT2D eigenvalue weighted by Gasteiger charge is 2.81. The lowest BCUT2D eigenvalue weighted by Gasteiger charge is -2.74. The van der Waals surface area contributed by atoms with E-state index >= 15 is 0 Å². The SMILES string of the molecule is CC(=O)OC[C@H]1O[C@@H](OC[C@@]2(C)CCC[C@@]3(C)C2CC[C@]2(C)[C@@H]3CC[C@@H]3[C@]45CC[C@H](C(C)(C)OC4=O)[C@]5(O)CC[C@]32C)[C@H](O[C@@H]2O[C@@H](CO)[C@H](O)[C@H]2O)[C@@H](O)[C@@H]1O. The van der Waals surface area contributed by atoms with Crippen molar-refractivity contribution in [3.05, 3.63) is 0 Å². The number of rotatable bonds is 8. The van der Waals surface area contributed by atoms with Crippen LogP contribution in [0, 0.1) is 50.7 Å². The monoisotopic (exact) mass is 808 g/mol. The molecule has 57 heavy (non-hydrogen) atoms. The Morgan fingerprint density at radius 1 is 0.737 bits per heavy atom. The van der Waals surface area contributed by atoms with Crippen molar-refractivity contribution in [3.63, 3.8) is 0 Å². The van der Waals surface area contributed by atoms with E-state index in [1.165, 1.54) is 6.92 Å². The molecule has 6 N–H and O–H groups in total. The van der Waals surface area contributed by atoms with Gasteiger partial charge in [-0.25, -0.2) is 0 Å². The van der Waals surface area contributed by atoms with Gasteiger partial charge in [-0.15, -0.1) is 0 Å². The molecule has 2 bridgehead atoms. The molecule has 0 aromatic rings. The van der Waals surface area contributed by atoms with Crippen LogP contribution in [-0.2, 0) is 38.0 Å². The van der Waals surface area contributed by atoms with Gasteiger partial charge in [-0.05, 0) is 117 Å². The van der Waals surface area contributed by atoms with Gasteiger partial charge in [-0.2, -0.15) is 0 Å². The third kappa shape index (κ3) is 5.84. The molecule has 3 heterocycles. The minimum atomic E-state index is -1.60. The van der Waals surface area contributed by atoms with E-state index < -0.39 is 84.5 Å². The summed E-state index contributed by atoms with van der Waals surface area (Å²) >= 11 is 0. The van der Waals surface area contributed by atoms with Gasteiger partial charge in [0.25, 0.3) is 0 Å². The van der Waals surface area contributed by atoms with Crippen LogP contribution in [0.3, 0.4) is 0 Å². The van der Waals surface area contributed by atoms with Crippen molar-refractivity contribution in [2.24, 2.45) is 50.7 Å². The summed E-state index contributed by atoms with van der Waals surface area (Å²) in [6, 6.07) is 0. The van der Waals surface area contributed by atoms with Crippen molar-refractivity contribution in [1.29, 1.82) is 0 Å². The molecule has 14 nitrogen and oxygen atoms in total. The van der Waals surface area contributed by atoms with Crippen LogP contribution in [-0.4, -0.2) is 129 Å². The van der Waals surface area contributed by atoms with E-state index in [9.17, 15) is 40.2 Å². The van der Waals surface area contributed by atoms with Crippen LogP contribution in [0.15, 0.2) is 0 Å². The number of aliphatic hydroxyl groups is 6. The summed E-state index contributed by atoms with van der Waals surface area (Å²) in [7, 11) is 0. The molecule has 0 radical (unpaired) electrons. The minimum absolute atomic E-state index is 0.0373. The average Bonchev–Trinajstić information content (AvgIpc) is 3.58. The van der Waals surface area contributed by atoms with Gasteiger partial charge in [0, 0.05) is 12.8 Å². The number of esters is 2. The van der Waals surface area contributed by atoms with E-state index in [2.05, 4.69) is 27.7 Å². The molecule has 0 spiro atoms. The maximum atomic E-state index is 14.3. The second kappa shape index (κ2) is 14.0. The molecular formula is C43H68O14. The number of ether oxygens (including phenoxy) is 6. The Hall–Kier alpha value is -1.46. The van der Waals surface area contributed by atoms with Crippen LogP contribution in [0.1, 0.15) is 119 Å². The Labute approximate surface area is 336 Å². The van der Waals surface area contributed by atoms with Gasteiger partial charge in [0.1, 0.15) is 60.4 Å². The molecule has 0 aromatic carbocycles. The number of aliphatic hydroxyl groups excluding tert-OH is 5. The molecule has 0 aromatic heterocycles. The number of fused-ring (bicyclic) bond motifs is 5. The summed E-state index contributed by atoms with van der Waals surface area (Å²) in [5, 5.41) is 65.7. The molecule has 3 aliphatic heterocycles. The standard InChI is InChI=1S/C43H68O14/c1-22(45)52-20-24-30(47)31(48)33(56-34-32(49)29(46)23(19-44)54-34)35(55-24)53-21-38(4)13-8-14-39(5)26(38)11-15-40(6)27(39)9-10-28-41(40,7)17-18-43(51)25-12-16-42(28,43)36(50)57-37(25,2)3/h23-35,44,46-49,51H,8-21H2,1-7H3/t23-,24+,25+,26?,27+,28-,29-,30+,31-,32+,33+,34-,35+,38+,39-,40+,41+,42+,43+/m0/s1. The quantitative estimate of drug-likeness (QED) is 0.195. The highest BCUT2D eigenvalue weighted by atomic mass is 16.8. The van der Waals surface area contributed by atoms with Gasteiger partial charge in [-0.1, -0.05) is 34.1 Å². The number of carbonyl (C=O) groups excluding carboxylic acids is 2. The van der Waals surface area contributed by atoms with Gasteiger partial charge in [0.2, 0.25) is 0 Å². The first kappa shape index (κ1) is 42.2. The lowest BCUT2D eigenvalue weighted by Crippen LogP contribution is -2.74. The largest absolute Gasteiger partial charge is 0.463 e. The van der Waals surface area contributed by atoms with E-state index in [4.69, 9.17) is 28.4 Å². The van der Waals surface area contributed by atoms with Gasteiger partial charge in [-0.3, -0.25) is 9.59 Å². The summed E-state index contributed by atoms with van der Waals surface area (Å²) in [5.41, 5.74) is -3.22. The number of hydrogen-bond donors (Lipinski definition) is 6. The fourth-order valence-corrected chi connectivity index (χ4v) is 15.4. The third-order valence-corrected chi connectivity index (χ3v) is 18.3. The topological polar surface area (TPSA) is 211 Å². The summed E-state index contributed by atoms with van der Waals surface area (Å²) in [4.78, 5) is 26.0. The van der Waals surface area contributed by atoms with Gasteiger partial charge >= 0.3 is 11.9 Å². The van der Waals surface area contributed by atoms with Crippen molar-refractivity contribution in [3.8, 4) is 0 Å². The Morgan fingerprint density at radius 2 is 1.39 bits per heavy atom. The second-order valence-electron chi connectivity index (χ2n) is 21.0. The van der Waals surface area contributed by atoms with Crippen LogP contribution in [0.4, 0.5) is 0 Å². The lowest BCUT2D eigenvalue weighted by atomic mass is 9.31. The Bertz CT molecular complexity index is 1580. The van der Waals surface area contributed by atoms with Crippen LogP contribution in [0.2, 0.25) is 0 Å². The molecule has 8 rings (SSSR count). The van der Waals surface area contributed by atoms with Crippen molar-refractivity contribution in [2.45, 2.75) is 186 Å². The molecule has 14 heteroatoms. The fourth-order valence-electron chi connectivity index (χ4n) is 15.4. The molecule has 5 saturated carbocycles. The van der Waals surface area contributed by atoms with Crippen molar-refractivity contribution < 1.29 is 68.6 Å². The Morgan fingerprint density at radius 3 is 2.07 bits per heavy atom. The van der Waals surface area contributed by atoms with Crippen LogP contribution in [0.5, 0.6) is 0 Å². The van der Waals surface area contributed by atoms with E-state index in [1.54, 1.807) is 0 Å². The highest BCUT2D eigenvalue weighted by Crippen LogP contribution is 2.80. The molecule has 0 amide bonds. The van der Waals surface area contributed by atoms with Crippen LogP contribution < -0.4 is 0 Å². The number of cyclic esters (lactones) is 1. The highest BCUT2D eigenvalue weighted by molar-refractivity contribution is 5.82. The first-order valence-electron chi connectivity index (χ1n) is 21.6. The molecule has 19 atom stereocenters. The van der Waals surface area contributed by atoms with E-state index in [1.807, 2.05) is 13.8 Å². The predicted octanol–water partition coefficient (Wildman–Crippen LogP) is 2.74. The van der Waals surface area contributed by atoms with E-state index in [0.717, 1.165) is 57.8 Å². The van der Waals surface area contributed by atoms with Crippen molar-refractivity contribution >= 4 is 11.9 Å². The molecular weight excluding hydrogens is 740 g/mol. The molecule has 1 unspecified atom stereocenters. The maximum absolute atomic E-state index is 14.3. The van der Waals surface area contributed by atoms with Gasteiger partial charge < -0.3 is 59.1 Å². The second-order valence-corrected chi connectivity index (χ2v) is 21.0. The minimum Gasteiger partial charge on any atom is -0.463 e. The normalized spacial score (nSPS) is 55.2. The van der Waals surface area contributed by atoms with E-state index in [-0.39, 0.29) is 58.6 Å². The smallest absolute Gasteiger partial charge is 0.315 e. The van der Waals surface area contributed by atoms with Crippen LogP contribution >= 0.6 is 0 Å². The summed E-state index contributed by atoms with van der Waals surface area (Å²) < 4.78 is 35.8. The summed E-state index contributed by atoms with van der Waals surface area (Å²) in [6.45, 7) is 14.1. The fraction of sp³-hybridized carbons (Fsp3) is 0.953. The van der Waals surface area contributed by atoms with E-state index in [0.29, 0.717) is 18.8 Å². The Kier molecular flexibility index (Phi) is 10.4. The number of hydrogen-bond acceptors (Lipinski definition) is 14. The molecule has 3 saturated heterocycles. The first-order valence-corrected chi connectivity index (χ1v) is 21.6. The zero-order valence-corrected chi connectivity index (χ0v) is 34.9. The Balaban J connectivity index is 1.04. The van der Waals surface area contributed by atoms with Crippen molar-refractivity contribution in [2.75, 3.05) is 19.8 Å². The van der Waals surface area contributed by atoms with Gasteiger partial charge in [0.05, 0.1) is 18.8 Å². The zero-order chi connectivity index (χ0) is 41.3. The molecule has 8 aliphatic rings. The van der Waals surface area contributed by atoms with Crippen molar-refractivity contribution in [1.82, 2.24) is 0 Å². The van der Waals surface area contributed by atoms with Crippen LogP contribution in [0.25, 0.3) is 0 Å². The summed E-state index contributed by atoms with van der Waals surface area (Å²) in [6.07, 6.45) is -2.76. The molecule has 324 valence electrons. The average molecular weight is 809 g/mol. The number of carbonyl (C=O) groups is 2. The summed E-state index contributed by atoms with van der Waals surface area (Å²) in [5.74, 6) is -0.161. The maximum Gasteiger partial charge on any atom is 0.315 e. The zero-order valence-electron chi connectivity index (χ0n) is 34.9. The lowest BCUT2D eigenvalue weighted by molar-refractivity contribution is -0.344. The van der Waals surface area contributed by atoms with Gasteiger partial charge in [0.15, 0.2) is 12.6 Å². The predicted molar refractivity (Wildman–Crippen MR) is 201 cm³/mol. The molecule has 5 aliphatic carbocycles. The first-order chi connectivity index (χ1) is 26.6. The molecule has 8 fully saturated rings. The third-order valence-electron chi connectivity index (χ3n) is 18.3.